The molecule has 0 fully saturated rings. The van der Waals surface area contributed by atoms with Crippen LogP contribution >= 0.6 is 11.6 Å². The van der Waals surface area contributed by atoms with Gasteiger partial charge < -0.3 is 9.47 Å². The molecule has 3 aromatic rings. The molecule has 0 N–H and O–H groups in total. The number of rotatable bonds is 4. The Balaban J connectivity index is 1.93. The summed E-state index contributed by atoms with van der Waals surface area (Å²) >= 11 is 6.15. The summed E-state index contributed by atoms with van der Waals surface area (Å²) in [7, 11) is 0. The smallest absolute Gasteiger partial charge is 0.138 e. The Labute approximate surface area is 128 Å². The SMILES string of the molecule is CCOc1ccc(Oc2ccnc3c(Cl)cccc23)cc1. The number of aromatic nitrogens is 1. The zero-order chi connectivity index (χ0) is 14.7. The number of halogens is 1. The molecule has 0 radical (unpaired) electrons. The van der Waals surface area contributed by atoms with Crippen LogP contribution in [0.25, 0.3) is 10.9 Å². The first-order chi connectivity index (χ1) is 10.3. The van der Waals surface area contributed by atoms with E-state index < -0.39 is 0 Å². The quantitative estimate of drug-likeness (QED) is 0.673. The summed E-state index contributed by atoms with van der Waals surface area (Å²) in [6, 6.07) is 15.0. The molecule has 0 aliphatic carbocycles. The second kappa shape index (κ2) is 6.02. The standard InChI is InChI=1S/C17H14ClNO2/c1-2-20-12-6-8-13(9-7-12)21-16-10-11-19-17-14(16)4-3-5-15(17)18/h3-11H,2H2,1H3. The molecule has 3 nitrogen and oxygen atoms in total. The molecular weight excluding hydrogens is 286 g/mol. The van der Waals surface area contributed by atoms with Gasteiger partial charge in [-0.1, -0.05) is 17.7 Å². The van der Waals surface area contributed by atoms with Gasteiger partial charge in [0.25, 0.3) is 0 Å². The average molecular weight is 300 g/mol. The van der Waals surface area contributed by atoms with Crippen molar-refractivity contribution < 1.29 is 9.47 Å². The largest absolute Gasteiger partial charge is 0.494 e. The van der Waals surface area contributed by atoms with Crippen molar-refractivity contribution in [2.45, 2.75) is 6.92 Å². The lowest BCUT2D eigenvalue weighted by Gasteiger charge is -2.10. The molecule has 0 aliphatic rings. The first-order valence-electron chi connectivity index (χ1n) is 6.72. The van der Waals surface area contributed by atoms with Crippen molar-refractivity contribution >= 4 is 22.5 Å². The minimum atomic E-state index is 0.615. The molecule has 0 bridgehead atoms. The number of hydrogen-bond donors (Lipinski definition) is 0. The second-order valence-corrected chi connectivity index (χ2v) is 4.86. The Hall–Kier alpha value is -2.26. The van der Waals surface area contributed by atoms with E-state index in [1.807, 2.05) is 55.5 Å². The Kier molecular flexibility index (Phi) is 3.93. The lowest BCUT2D eigenvalue weighted by atomic mass is 10.2. The van der Waals surface area contributed by atoms with Crippen LogP contribution in [-0.2, 0) is 0 Å². The fourth-order valence-electron chi connectivity index (χ4n) is 2.10. The first kappa shape index (κ1) is 13.7. The van der Waals surface area contributed by atoms with Crippen molar-refractivity contribution in [2.24, 2.45) is 0 Å². The summed E-state index contributed by atoms with van der Waals surface area (Å²) in [5.74, 6) is 2.30. The Morgan fingerprint density at radius 2 is 1.76 bits per heavy atom. The first-order valence-corrected chi connectivity index (χ1v) is 7.09. The van der Waals surface area contributed by atoms with Gasteiger partial charge in [-0.25, -0.2) is 0 Å². The third kappa shape index (κ3) is 2.93. The molecule has 21 heavy (non-hydrogen) atoms. The molecule has 0 saturated carbocycles. The van der Waals surface area contributed by atoms with Crippen LogP contribution in [0.3, 0.4) is 0 Å². The Morgan fingerprint density at radius 1 is 1.00 bits per heavy atom. The van der Waals surface area contributed by atoms with Crippen molar-refractivity contribution in [3.63, 3.8) is 0 Å². The third-order valence-corrected chi connectivity index (χ3v) is 3.35. The van der Waals surface area contributed by atoms with Gasteiger partial charge >= 0.3 is 0 Å². The highest BCUT2D eigenvalue weighted by Gasteiger charge is 2.07. The van der Waals surface area contributed by atoms with Crippen molar-refractivity contribution in [3.05, 3.63) is 59.8 Å². The molecule has 106 valence electrons. The minimum Gasteiger partial charge on any atom is -0.494 e. The fraction of sp³-hybridized carbons (Fsp3) is 0.118. The summed E-state index contributed by atoms with van der Waals surface area (Å²) in [4.78, 5) is 4.29. The van der Waals surface area contributed by atoms with Crippen molar-refractivity contribution in [2.75, 3.05) is 6.61 Å². The van der Waals surface area contributed by atoms with Crippen molar-refractivity contribution in [3.8, 4) is 17.2 Å². The monoisotopic (exact) mass is 299 g/mol. The number of pyridine rings is 1. The molecular formula is C17H14ClNO2. The van der Waals surface area contributed by atoms with Crippen LogP contribution in [0.15, 0.2) is 54.7 Å². The number of para-hydroxylation sites is 1. The summed E-state index contributed by atoms with van der Waals surface area (Å²) in [6.45, 7) is 2.60. The van der Waals surface area contributed by atoms with Crippen LogP contribution in [0.5, 0.6) is 17.2 Å². The van der Waals surface area contributed by atoms with E-state index in [0.29, 0.717) is 11.6 Å². The maximum absolute atomic E-state index is 6.15. The van der Waals surface area contributed by atoms with Crippen LogP contribution in [0.1, 0.15) is 6.92 Å². The third-order valence-electron chi connectivity index (χ3n) is 3.04. The van der Waals surface area contributed by atoms with E-state index in [1.54, 1.807) is 6.20 Å². The van der Waals surface area contributed by atoms with Crippen LogP contribution in [0.2, 0.25) is 5.02 Å². The number of ether oxygens (including phenoxy) is 2. The van der Waals surface area contributed by atoms with Crippen LogP contribution in [-0.4, -0.2) is 11.6 Å². The number of benzene rings is 2. The minimum absolute atomic E-state index is 0.615. The van der Waals surface area contributed by atoms with E-state index in [2.05, 4.69) is 4.98 Å². The van der Waals surface area contributed by atoms with Gasteiger partial charge in [0.2, 0.25) is 0 Å². The highest BCUT2D eigenvalue weighted by atomic mass is 35.5. The van der Waals surface area contributed by atoms with Gasteiger partial charge in [-0.15, -0.1) is 0 Å². The molecule has 0 amide bonds. The van der Waals surface area contributed by atoms with Crippen molar-refractivity contribution in [1.29, 1.82) is 0 Å². The van der Waals surface area contributed by atoms with Gasteiger partial charge in [0.15, 0.2) is 0 Å². The van der Waals surface area contributed by atoms with Gasteiger partial charge in [0.1, 0.15) is 17.2 Å². The van der Waals surface area contributed by atoms with Gasteiger partial charge in [-0.3, -0.25) is 4.98 Å². The molecule has 0 aliphatic heterocycles. The van der Waals surface area contributed by atoms with E-state index in [9.17, 15) is 0 Å². The summed E-state index contributed by atoms with van der Waals surface area (Å²) in [6.07, 6.45) is 1.69. The molecule has 4 heteroatoms. The van der Waals surface area contributed by atoms with Gasteiger partial charge in [0.05, 0.1) is 17.1 Å². The number of fused-ring (bicyclic) bond motifs is 1. The average Bonchev–Trinajstić information content (AvgIpc) is 2.51. The normalized spacial score (nSPS) is 10.6. The van der Waals surface area contributed by atoms with Gasteiger partial charge in [-0.2, -0.15) is 0 Å². The summed E-state index contributed by atoms with van der Waals surface area (Å²) in [5.41, 5.74) is 0.739. The van der Waals surface area contributed by atoms with Gasteiger partial charge in [-0.05, 0) is 49.4 Å². The number of hydrogen-bond acceptors (Lipinski definition) is 3. The predicted molar refractivity (Wildman–Crippen MR) is 84.4 cm³/mol. The summed E-state index contributed by atoms with van der Waals surface area (Å²) in [5, 5.41) is 1.50. The molecule has 0 atom stereocenters. The van der Waals surface area contributed by atoms with E-state index in [4.69, 9.17) is 21.1 Å². The Morgan fingerprint density at radius 3 is 2.52 bits per heavy atom. The fourth-order valence-corrected chi connectivity index (χ4v) is 2.32. The highest BCUT2D eigenvalue weighted by Crippen LogP contribution is 2.32. The van der Waals surface area contributed by atoms with E-state index >= 15 is 0 Å². The highest BCUT2D eigenvalue weighted by molar-refractivity contribution is 6.35. The lowest BCUT2D eigenvalue weighted by Crippen LogP contribution is -1.91. The van der Waals surface area contributed by atoms with Crippen LogP contribution in [0.4, 0.5) is 0 Å². The molecule has 0 spiro atoms. The molecule has 0 unspecified atom stereocenters. The van der Waals surface area contributed by atoms with E-state index in [1.165, 1.54) is 0 Å². The van der Waals surface area contributed by atoms with Gasteiger partial charge in [0, 0.05) is 11.6 Å². The molecule has 2 aromatic carbocycles. The molecule has 0 saturated heterocycles. The molecule has 1 aromatic heterocycles. The maximum atomic E-state index is 6.15. The zero-order valence-corrected chi connectivity index (χ0v) is 12.3. The zero-order valence-electron chi connectivity index (χ0n) is 11.5. The van der Waals surface area contributed by atoms with E-state index in [0.717, 1.165) is 28.2 Å². The van der Waals surface area contributed by atoms with Crippen LogP contribution < -0.4 is 9.47 Å². The Bertz CT molecular complexity index is 756. The maximum Gasteiger partial charge on any atom is 0.138 e. The van der Waals surface area contributed by atoms with Crippen LogP contribution in [0, 0.1) is 0 Å². The summed E-state index contributed by atoms with van der Waals surface area (Å²) < 4.78 is 11.3. The predicted octanol–water partition coefficient (Wildman–Crippen LogP) is 5.08. The topological polar surface area (TPSA) is 31.4 Å². The number of nitrogens with zero attached hydrogens (tertiary/aromatic N) is 1. The van der Waals surface area contributed by atoms with Crippen molar-refractivity contribution in [1.82, 2.24) is 4.98 Å². The molecule has 3 rings (SSSR count). The lowest BCUT2D eigenvalue weighted by molar-refractivity contribution is 0.339. The van der Waals surface area contributed by atoms with E-state index in [-0.39, 0.29) is 0 Å². The molecule has 1 heterocycles. The second-order valence-electron chi connectivity index (χ2n) is 4.45.